The van der Waals surface area contributed by atoms with Crippen molar-refractivity contribution in [2.45, 2.75) is 18.7 Å². The van der Waals surface area contributed by atoms with E-state index in [9.17, 15) is 22.0 Å². The topological polar surface area (TPSA) is 88.4 Å². The molecule has 0 N–H and O–H groups in total. The van der Waals surface area contributed by atoms with Gasteiger partial charge in [-0.2, -0.15) is 9.40 Å². The molecule has 0 unspecified atom stereocenters. The highest BCUT2D eigenvalue weighted by Gasteiger charge is 2.34. The number of pyridine rings is 1. The van der Waals surface area contributed by atoms with Crippen LogP contribution in [0, 0.1) is 25.5 Å². The van der Waals surface area contributed by atoms with Crippen LogP contribution in [-0.2, 0) is 17.1 Å². The Hall–Kier alpha value is -2.92. The van der Waals surface area contributed by atoms with Crippen LogP contribution in [0.5, 0.6) is 0 Å². The minimum absolute atomic E-state index is 0.0684. The molecular formula is C20H21F2N5O3S. The van der Waals surface area contributed by atoms with Crippen molar-refractivity contribution < 1.29 is 22.0 Å². The van der Waals surface area contributed by atoms with Gasteiger partial charge in [-0.1, -0.05) is 6.07 Å². The average Bonchev–Trinajstić information content (AvgIpc) is 3.00. The number of nitrogens with zero attached hydrogens (tertiary/aromatic N) is 5. The highest BCUT2D eigenvalue weighted by molar-refractivity contribution is 7.89. The third kappa shape index (κ3) is 3.57. The molecule has 1 aliphatic rings. The van der Waals surface area contributed by atoms with E-state index in [2.05, 4.69) is 10.1 Å². The summed E-state index contributed by atoms with van der Waals surface area (Å²) in [6.07, 6.45) is 0. The lowest BCUT2D eigenvalue weighted by Gasteiger charge is -2.34. The van der Waals surface area contributed by atoms with Gasteiger partial charge in [0.05, 0.1) is 16.6 Å². The minimum atomic E-state index is -4.36. The number of aromatic nitrogens is 3. The summed E-state index contributed by atoms with van der Waals surface area (Å²) in [5, 5.41) is 4.99. The maximum Gasteiger partial charge on any atom is 0.254 e. The molecule has 1 fully saturated rings. The van der Waals surface area contributed by atoms with Crippen molar-refractivity contribution >= 4 is 27.0 Å². The van der Waals surface area contributed by atoms with Crippen molar-refractivity contribution in [3.8, 4) is 0 Å². The summed E-state index contributed by atoms with van der Waals surface area (Å²) in [5.74, 6) is -2.54. The Bertz CT molecular complexity index is 1280. The fourth-order valence-electron chi connectivity index (χ4n) is 3.90. The molecular weight excluding hydrogens is 428 g/mol. The Balaban J connectivity index is 1.59. The van der Waals surface area contributed by atoms with Crippen molar-refractivity contribution in [2.24, 2.45) is 7.05 Å². The van der Waals surface area contributed by atoms with Gasteiger partial charge in [-0.25, -0.2) is 22.2 Å². The molecule has 8 nitrogen and oxygen atoms in total. The normalized spacial score (nSPS) is 15.6. The van der Waals surface area contributed by atoms with Gasteiger partial charge >= 0.3 is 0 Å². The molecule has 1 aliphatic heterocycles. The summed E-state index contributed by atoms with van der Waals surface area (Å²) in [6.45, 7) is 3.63. The fourth-order valence-corrected chi connectivity index (χ4v) is 5.43. The van der Waals surface area contributed by atoms with Crippen LogP contribution in [0.15, 0.2) is 29.2 Å². The lowest BCUT2D eigenvalue weighted by molar-refractivity contribution is 0.0699. The van der Waals surface area contributed by atoms with E-state index in [1.54, 1.807) is 31.6 Å². The van der Waals surface area contributed by atoms with Gasteiger partial charge in [-0.3, -0.25) is 9.48 Å². The molecule has 0 radical (unpaired) electrons. The molecule has 3 heterocycles. The first kappa shape index (κ1) is 21.3. The highest BCUT2D eigenvalue weighted by atomic mass is 32.2. The molecule has 3 aromatic rings. The monoisotopic (exact) mass is 449 g/mol. The van der Waals surface area contributed by atoms with E-state index in [0.717, 1.165) is 22.5 Å². The van der Waals surface area contributed by atoms with Crippen molar-refractivity contribution in [2.75, 3.05) is 26.2 Å². The van der Waals surface area contributed by atoms with Gasteiger partial charge in [-0.15, -0.1) is 0 Å². The summed E-state index contributed by atoms with van der Waals surface area (Å²) >= 11 is 0. The summed E-state index contributed by atoms with van der Waals surface area (Å²) < 4.78 is 56.2. The number of aryl methyl sites for hydroxylation is 3. The van der Waals surface area contributed by atoms with Crippen LogP contribution in [-0.4, -0.2) is 64.5 Å². The number of sulfonamides is 1. The first-order chi connectivity index (χ1) is 14.6. The Morgan fingerprint density at radius 3 is 2.29 bits per heavy atom. The first-order valence-corrected chi connectivity index (χ1v) is 11.1. The molecule has 0 saturated carbocycles. The molecule has 2 aromatic heterocycles. The van der Waals surface area contributed by atoms with E-state index < -0.39 is 26.6 Å². The zero-order valence-corrected chi connectivity index (χ0v) is 18.1. The van der Waals surface area contributed by atoms with Gasteiger partial charge in [0.25, 0.3) is 5.91 Å². The number of piperazine rings is 1. The highest BCUT2D eigenvalue weighted by Crippen LogP contribution is 2.26. The van der Waals surface area contributed by atoms with Gasteiger partial charge in [-0.05, 0) is 32.0 Å². The van der Waals surface area contributed by atoms with Crippen molar-refractivity contribution in [3.63, 3.8) is 0 Å². The Kier molecular flexibility index (Phi) is 5.26. The van der Waals surface area contributed by atoms with Gasteiger partial charge in [0.15, 0.2) is 10.5 Å². The van der Waals surface area contributed by atoms with Gasteiger partial charge in [0, 0.05) is 38.9 Å². The number of halogens is 2. The lowest BCUT2D eigenvalue weighted by Crippen LogP contribution is -2.50. The lowest BCUT2D eigenvalue weighted by atomic mass is 10.1. The Morgan fingerprint density at radius 1 is 1.06 bits per heavy atom. The largest absolute Gasteiger partial charge is 0.336 e. The summed E-state index contributed by atoms with van der Waals surface area (Å²) in [6, 6.07) is 4.61. The molecule has 1 amide bonds. The quantitative estimate of drug-likeness (QED) is 0.610. The zero-order chi connectivity index (χ0) is 22.5. The standard InChI is InChI=1S/C20H21F2N5O3S/c1-12-11-14(17-13(2)24-25(3)19(17)23-12)20(28)26-7-9-27(10-8-26)31(29,30)18-15(21)5-4-6-16(18)22/h4-6,11H,7-10H2,1-3H3. The Labute approximate surface area is 178 Å². The number of benzene rings is 1. The van der Waals surface area contributed by atoms with Crippen LogP contribution >= 0.6 is 0 Å². The Morgan fingerprint density at radius 2 is 1.68 bits per heavy atom. The predicted molar refractivity (Wildman–Crippen MR) is 109 cm³/mol. The van der Waals surface area contributed by atoms with Crippen molar-refractivity contribution in [1.29, 1.82) is 0 Å². The second kappa shape index (κ2) is 7.65. The molecule has 0 bridgehead atoms. The SMILES string of the molecule is Cc1cc(C(=O)N2CCN(S(=O)(=O)c3c(F)cccc3F)CC2)c2c(C)nn(C)c2n1. The summed E-state index contributed by atoms with van der Waals surface area (Å²) in [5.41, 5.74) is 2.38. The molecule has 0 aliphatic carbocycles. The van der Waals surface area contributed by atoms with E-state index in [1.807, 2.05) is 0 Å². The maximum absolute atomic E-state index is 14.0. The van der Waals surface area contributed by atoms with Gasteiger partial charge in [0.1, 0.15) is 11.6 Å². The summed E-state index contributed by atoms with van der Waals surface area (Å²) in [4.78, 5) is 18.3. The minimum Gasteiger partial charge on any atom is -0.336 e. The van der Waals surface area contributed by atoms with Crippen LogP contribution in [0.1, 0.15) is 21.7 Å². The van der Waals surface area contributed by atoms with Crippen LogP contribution in [0.3, 0.4) is 0 Å². The van der Waals surface area contributed by atoms with Crippen LogP contribution in [0.4, 0.5) is 8.78 Å². The first-order valence-electron chi connectivity index (χ1n) is 9.65. The van der Waals surface area contributed by atoms with Crippen molar-refractivity contribution in [1.82, 2.24) is 24.0 Å². The molecule has 1 saturated heterocycles. The van der Waals surface area contributed by atoms with Gasteiger partial charge in [0.2, 0.25) is 10.0 Å². The van der Waals surface area contributed by atoms with Crippen LogP contribution in [0.2, 0.25) is 0 Å². The molecule has 164 valence electrons. The number of hydrogen-bond donors (Lipinski definition) is 0. The molecule has 0 spiro atoms. The molecule has 31 heavy (non-hydrogen) atoms. The molecule has 0 atom stereocenters. The molecule has 4 rings (SSSR count). The fraction of sp³-hybridized carbons (Fsp3) is 0.350. The number of hydrogen-bond acceptors (Lipinski definition) is 5. The smallest absolute Gasteiger partial charge is 0.254 e. The maximum atomic E-state index is 14.0. The third-order valence-electron chi connectivity index (χ3n) is 5.37. The molecule has 1 aromatic carbocycles. The number of fused-ring (bicyclic) bond motifs is 1. The number of carbonyl (C=O) groups excluding carboxylic acids is 1. The number of amides is 1. The summed E-state index contributed by atoms with van der Waals surface area (Å²) in [7, 11) is -2.61. The third-order valence-corrected chi connectivity index (χ3v) is 7.32. The van der Waals surface area contributed by atoms with Crippen LogP contribution in [0.25, 0.3) is 11.0 Å². The van der Waals surface area contributed by atoms with E-state index >= 15 is 0 Å². The number of rotatable bonds is 3. The molecule has 11 heteroatoms. The van der Waals surface area contributed by atoms with E-state index in [-0.39, 0.29) is 32.1 Å². The van der Waals surface area contributed by atoms with E-state index in [0.29, 0.717) is 28.0 Å². The predicted octanol–water partition coefficient (Wildman–Crippen LogP) is 2.01. The van der Waals surface area contributed by atoms with E-state index in [4.69, 9.17) is 0 Å². The van der Waals surface area contributed by atoms with E-state index in [1.165, 1.54) is 4.90 Å². The van der Waals surface area contributed by atoms with Gasteiger partial charge < -0.3 is 4.90 Å². The average molecular weight is 449 g/mol. The second-order valence-electron chi connectivity index (χ2n) is 7.47. The second-order valence-corrected chi connectivity index (χ2v) is 9.34. The van der Waals surface area contributed by atoms with Crippen molar-refractivity contribution in [3.05, 3.63) is 52.9 Å². The number of carbonyl (C=O) groups is 1. The zero-order valence-electron chi connectivity index (χ0n) is 17.3. The van der Waals surface area contributed by atoms with Crippen LogP contribution < -0.4 is 0 Å².